The van der Waals surface area contributed by atoms with Gasteiger partial charge in [0, 0.05) is 12.6 Å². The molecule has 3 N–H and O–H groups in total. The number of amides is 2. The van der Waals surface area contributed by atoms with Gasteiger partial charge in [0.1, 0.15) is 0 Å². The zero-order valence-electron chi connectivity index (χ0n) is 12.7. The van der Waals surface area contributed by atoms with E-state index >= 15 is 0 Å². The predicted molar refractivity (Wildman–Crippen MR) is 76.1 cm³/mol. The second-order valence-electron chi connectivity index (χ2n) is 6.45. The van der Waals surface area contributed by atoms with Crippen molar-refractivity contribution in [3.05, 3.63) is 0 Å². The summed E-state index contributed by atoms with van der Waals surface area (Å²) in [5.41, 5.74) is -0.284. The molecule has 2 amide bonds. The first-order valence-electron chi connectivity index (χ1n) is 6.89. The van der Waals surface area contributed by atoms with Gasteiger partial charge in [-0.05, 0) is 24.2 Å². The van der Waals surface area contributed by atoms with Gasteiger partial charge in [-0.1, -0.05) is 34.6 Å². The predicted octanol–water partition coefficient (Wildman–Crippen LogP) is 2.61. The Kier molecular flexibility index (Phi) is 7.49. The molecule has 5 heteroatoms. The molecule has 19 heavy (non-hydrogen) atoms. The first kappa shape index (κ1) is 17.7. The SMILES string of the molecule is CC(C)CCCNC(=O)NC(CC(=O)O)C(C)(C)C. The monoisotopic (exact) mass is 272 g/mol. The van der Waals surface area contributed by atoms with Crippen LogP contribution >= 0.6 is 0 Å². The molecule has 112 valence electrons. The van der Waals surface area contributed by atoms with Gasteiger partial charge >= 0.3 is 12.0 Å². The van der Waals surface area contributed by atoms with E-state index in [0.29, 0.717) is 12.5 Å². The van der Waals surface area contributed by atoms with Crippen LogP contribution in [0.5, 0.6) is 0 Å². The Morgan fingerprint density at radius 3 is 2.21 bits per heavy atom. The minimum Gasteiger partial charge on any atom is -0.481 e. The standard InChI is InChI=1S/C14H28N2O3/c1-10(2)7-6-8-15-13(19)16-11(9-12(17)18)14(3,4)5/h10-11H,6-9H2,1-5H3,(H,17,18)(H2,15,16,19). The first-order valence-corrected chi connectivity index (χ1v) is 6.89. The molecule has 0 aromatic heterocycles. The summed E-state index contributed by atoms with van der Waals surface area (Å²) in [7, 11) is 0. The van der Waals surface area contributed by atoms with Crippen molar-refractivity contribution in [1.29, 1.82) is 0 Å². The summed E-state index contributed by atoms with van der Waals surface area (Å²) in [4.78, 5) is 22.5. The lowest BCUT2D eigenvalue weighted by Crippen LogP contribution is -2.49. The van der Waals surface area contributed by atoms with Crippen LogP contribution in [0.1, 0.15) is 53.9 Å². The van der Waals surface area contributed by atoms with Crippen LogP contribution in [0.15, 0.2) is 0 Å². The van der Waals surface area contributed by atoms with Gasteiger partial charge in [0.05, 0.1) is 6.42 Å². The lowest BCUT2D eigenvalue weighted by Gasteiger charge is -2.30. The number of nitrogens with one attached hydrogen (secondary N) is 2. The molecule has 0 aliphatic rings. The van der Waals surface area contributed by atoms with Crippen molar-refractivity contribution in [2.75, 3.05) is 6.54 Å². The van der Waals surface area contributed by atoms with Crippen LogP contribution in [0.2, 0.25) is 0 Å². The number of urea groups is 1. The summed E-state index contributed by atoms with van der Waals surface area (Å²) in [6, 6.07) is -0.667. The number of carbonyl (C=O) groups is 2. The number of rotatable bonds is 7. The van der Waals surface area contributed by atoms with Crippen molar-refractivity contribution < 1.29 is 14.7 Å². The summed E-state index contributed by atoms with van der Waals surface area (Å²) >= 11 is 0. The lowest BCUT2D eigenvalue weighted by atomic mass is 9.85. The molecule has 0 spiro atoms. The minimum absolute atomic E-state index is 0.0666. The summed E-state index contributed by atoms with van der Waals surface area (Å²) in [5, 5.41) is 14.4. The van der Waals surface area contributed by atoms with E-state index in [2.05, 4.69) is 24.5 Å². The van der Waals surface area contributed by atoms with Crippen molar-refractivity contribution in [1.82, 2.24) is 10.6 Å². The normalized spacial score (nSPS) is 13.2. The number of aliphatic carboxylic acids is 1. The van der Waals surface area contributed by atoms with Gasteiger partial charge in [-0.15, -0.1) is 0 Å². The van der Waals surface area contributed by atoms with Crippen LogP contribution in [0.3, 0.4) is 0 Å². The summed E-state index contributed by atoms with van der Waals surface area (Å²) < 4.78 is 0. The van der Waals surface area contributed by atoms with Crippen molar-refractivity contribution in [3.8, 4) is 0 Å². The Labute approximate surface area is 116 Å². The molecule has 5 nitrogen and oxygen atoms in total. The van der Waals surface area contributed by atoms with Gasteiger partial charge in [-0.2, -0.15) is 0 Å². The van der Waals surface area contributed by atoms with Crippen molar-refractivity contribution in [2.45, 2.75) is 59.9 Å². The van der Waals surface area contributed by atoms with Crippen LogP contribution in [-0.4, -0.2) is 29.7 Å². The molecule has 0 rings (SSSR count). The Hall–Kier alpha value is -1.26. The molecule has 0 saturated heterocycles. The second-order valence-corrected chi connectivity index (χ2v) is 6.45. The molecule has 0 saturated carbocycles. The number of carboxylic acids is 1. The molecule has 0 aliphatic carbocycles. The van der Waals surface area contributed by atoms with Gasteiger partial charge in [-0.3, -0.25) is 4.79 Å². The fourth-order valence-corrected chi connectivity index (χ4v) is 1.67. The first-order chi connectivity index (χ1) is 8.62. The smallest absolute Gasteiger partial charge is 0.315 e. The lowest BCUT2D eigenvalue weighted by molar-refractivity contribution is -0.138. The van der Waals surface area contributed by atoms with Gasteiger partial charge in [0.15, 0.2) is 0 Å². The van der Waals surface area contributed by atoms with E-state index in [4.69, 9.17) is 5.11 Å². The fourth-order valence-electron chi connectivity index (χ4n) is 1.67. The van der Waals surface area contributed by atoms with Crippen LogP contribution < -0.4 is 10.6 Å². The molecule has 0 heterocycles. The largest absolute Gasteiger partial charge is 0.481 e. The van der Waals surface area contributed by atoms with Crippen molar-refractivity contribution in [2.24, 2.45) is 11.3 Å². The average molecular weight is 272 g/mol. The van der Waals surface area contributed by atoms with E-state index in [1.54, 1.807) is 0 Å². The van der Waals surface area contributed by atoms with Crippen LogP contribution in [0.25, 0.3) is 0 Å². The molecule has 0 fully saturated rings. The third-order valence-electron chi connectivity index (χ3n) is 2.97. The van der Waals surface area contributed by atoms with E-state index < -0.39 is 5.97 Å². The summed E-state index contributed by atoms with van der Waals surface area (Å²) in [6.45, 7) is 10.7. The quantitative estimate of drug-likeness (QED) is 0.623. The topological polar surface area (TPSA) is 78.4 Å². The van der Waals surface area contributed by atoms with Crippen LogP contribution in [0.4, 0.5) is 4.79 Å². The van der Waals surface area contributed by atoms with Gasteiger partial charge in [-0.25, -0.2) is 4.79 Å². The molecular weight excluding hydrogens is 244 g/mol. The maximum Gasteiger partial charge on any atom is 0.315 e. The zero-order valence-corrected chi connectivity index (χ0v) is 12.7. The number of hydrogen-bond acceptors (Lipinski definition) is 2. The van der Waals surface area contributed by atoms with Gasteiger partial charge < -0.3 is 15.7 Å². The van der Waals surface area contributed by atoms with Crippen LogP contribution in [-0.2, 0) is 4.79 Å². The highest BCUT2D eigenvalue weighted by atomic mass is 16.4. The highest BCUT2D eigenvalue weighted by Gasteiger charge is 2.28. The number of carboxylic acid groups (broad SMARTS) is 1. The summed E-state index contributed by atoms with van der Waals surface area (Å²) in [5.74, 6) is -0.278. The Morgan fingerprint density at radius 1 is 1.21 bits per heavy atom. The Morgan fingerprint density at radius 2 is 1.79 bits per heavy atom. The Bertz CT molecular complexity index is 296. The molecule has 1 atom stereocenters. The molecule has 0 radical (unpaired) electrons. The highest BCUT2D eigenvalue weighted by Crippen LogP contribution is 2.21. The van der Waals surface area contributed by atoms with E-state index in [0.717, 1.165) is 12.8 Å². The number of carbonyl (C=O) groups excluding carboxylic acids is 1. The van der Waals surface area contributed by atoms with E-state index in [1.807, 2.05) is 20.8 Å². The molecular formula is C14H28N2O3. The Balaban J connectivity index is 4.14. The number of hydrogen-bond donors (Lipinski definition) is 3. The van der Waals surface area contributed by atoms with Gasteiger partial charge in [0.25, 0.3) is 0 Å². The second kappa shape index (κ2) is 8.02. The fraction of sp³-hybridized carbons (Fsp3) is 0.857. The van der Waals surface area contributed by atoms with Crippen molar-refractivity contribution in [3.63, 3.8) is 0 Å². The molecule has 1 unspecified atom stereocenters. The van der Waals surface area contributed by atoms with Gasteiger partial charge in [0.2, 0.25) is 0 Å². The maximum absolute atomic E-state index is 11.7. The van der Waals surface area contributed by atoms with E-state index in [1.165, 1.54) is 0 Å². The summed E-state index contributed by atoms with van der Waals surface area (Å²) in [6.07, 6.45) is 1.94. The van der Waals surface area contributed by atoms with Crippen molar-refractivity contribution >= 4 is 12.0 Å². The third-order valence-corrected chi connectivity index (χ3v) is 2.97. The maximum atomic E-state index is 11.7. The van der Waals surface area contributed by atoms with E-state index in [9.17, 15) is 9.59 Å². The average Bonchev–Trinajstić information content (AvgIpc) is 2.21. The molecule has 0 aromatic rings. The van der Waals surface area contributed by atoms with E-state index in [-0.39, 0.29) is 23.9 Å². The van der Waals surface area contributed by atoms with Crippen LogP contribution in [0, 0.1) is 11.3 Å². The molecule has 0 aliphatic heterocycles. The third kappa shape index (κ3) is 9.33. The molecule has 0 aromatic carbocycles. The minimum atomic E-state index is -0.903. The highest BCUT2D eigenvalue weighted by molar-refractivity contribution is 5.75. The zero-order chi connectivity index (χ0) is 15.1. The molecule has 0 bridgehead atoms.